The van der Waals surface area contributed by atoms with Crippen LogP contribution in [0.25, 0.3) is 0 Å². The quantitative estimate of drug-likeness (QED) is 0.841. The molecule has 0 amide bonds. The van der Waals surface area contributed by atoms with Crippen LogP contribution < -0.4 is 10.1 Å². The van der Waals surface area contributed by atoms with Gasteiger partial charge in [-0.15, -0.1) is 0 Å². The lowest BCUT2D eigenvalue weighted by Crippen LogP contribution is -2.44. The van der Waals surface area contributed by atoms with Gasteiger partial charge in [-0.3, -0.25) is 0 Å². The summed E-state index contributed by atoms with van der Waals surface area (Å²) < 4.78 is 5.36. The van der Waals surface area contributed by atoms with E-state index in [2.05, 4.69) is 10.2 Å². The third-order valence-corrected chi connectivity index (χ3v) is 3.52. The highest BCUT2D eigenvalue weighted by Crippen LogP contribution is 2.28. The zero-order chi connectivity index (χ0) is 13.0. The van der Waals surface area contributed by atoms with Crippen molar-refractivity contribution in [1.29, 1.82) is 0 Å². The summed E-state index contributed by atoms with van der Waals surface area (Å²) in [6.07, 6.45) is 0.968. The summed E-state index contributed by atoms with van der Waals surface area (Å²) >= 11 is 0. The molecule has 0 aliphatic carbocycles. The van der Waals surface area contributed by atoms with Crippen LogP contribution in [-0.4, -0.2) is 49.8 Å². The summed E-state index contributed by atoms with van der Waals surface area (Å²) in [4.78, 5) is 2.46. The van der Waals surface area contributed by atoms with Gasteiger partial charge in [-0.25, -0.2) is 0 Å². The van der Waals surface area contributed by atoms with Crippen LogP contribution in [0.3, 0.4) is 0 Å². The first-order chi connectivity index (χ1) is 8.70. The molecule has 0 aromatic heterocycles. The summed E-state index contributed by atoms with van der Waals surface area (Å²) in [7, 11) is 1.66. The van der Waals surface area contributed by atoms with Gasteiger partial charge in [-0.2, -0.15) is 0 Å². The minimum Gasteiger partial charge on any atom is -0.508 e. The van der Waals surface area contributed by atoms with E-state index in [1.807, 2.05) is 6.92 Å². The molecule has 1 saturated heterocycles. The van der Waals surface area contributed by atoms with Gasteiger partial charge in [0.15, 0.2) is 0 Å². The van der Waals surface area contributed by atoms with Crippen LogP contribution in [0.1, 0.15) is 11.1 Å². The topological polar surface area (TPSA) is 44.7 Å². The predicted molar refractivity (Wildman–Crippen MR) is 72.4 cm³/mol. The Morgan fingerprint density at radius 3 is 2.72 bits per heavy atom. The number of aryl methyl sites for hydroxylation is 1. The van der Waals surface area contributed by atoms with E-state index in [0.29, 0.717) is 0 Å². The molecule has 4 nitrogen and oxygen atoms in total. The second kappa shape index (κ2) is 6.07. The molecule has 2 rings (SSSR count). The fraction of sp³-hybridized carbons (Fsp3) is 0.571. The number of aromatic hydroxyl groups is 1. The number of hydrogen-bond acceptors (Lipinski definition) is 4. The fourth-order valence-corrected chi connectivity index (χ4v) is 2.47. The zero-order valence-corrected chi connectivity index (χ0v) is 11.2. The van der Waals surface area contributed by atoms with E-state index < -0.39 is 0 Å². The summed E-state index contributed by atoms with van der Waals surface area (Å²) in [6, 6.07) is 3.50. The average molecular weight is 250 g/mol. The van der Waals surface area contributed by atoms with Crippen molar-refractivity contribution < 1.29 is 9.84 Å². The van der Waals surface area contributed by atoms with Gasteiger partial charge in [0.05, 0.1) is 7.11 Å². The maximum atomic E-state index is 9.57. The number of piperazine rings is 1. The predicted octanol–water partition coefficient (Wildman–Crippen LogP) is 1.16. The molecule has 1 fully saturated rings. The molecule has 0 unspecified atom stereocenters. The van der Waals surface area contributed by atoms with E-state index >= 15 is 0 Å². The highest BCUT2D eigenvalue weighted by molar-refractivity contribution is 5.45. The van der Waals surface area contributed by atoms with Gasteiger partial charge in [0.2, 0.25) is 0 Å². The largest absolute Gasteiger partial charge is 0.508 e. The van der Waals surface area contributed by atoms with Gasteiger partial charge >= 0.3 is 0 Å². The first-order valence-electron chi connectivity index (χ1n) is 6.50. The lowest BCUT2D eigenvalue weighted by Gasteiger charge is -2.27. The smallest absolute Gasteiger partial charge is 0.126 e. The lowest BCUT2D eigenvalue weighted by molar-refractivity contribution is 0.243. The third-order valence-electron chi connectivity index (χ3n) is 3.52. The van der Waals surface area contributed by atoms with E-state index in [0.717, 1.165) is 50.5 Å². The molecular formula is C14H22N2O2. The third kappa shape index (κ3) is 3.15. The molecule has 100 valence electrons. The maximum absolute atomic E-state index is 9.57. The standard InChI is InChI=1S/C14H22N2O2/c1-11-9-12(17)10-14(18-2)13(11)3-6-16-7-4-15-5-8-16/h9-10,15,17H,3-8H2,1-2H3. The summed E-state index contributed by atoms with van der Waals surface area (Å²) in [5, 5.41) is 12.9. The summed E-state index contributed by atoms with van der Waals surface area (Å²) in [5.41, 5.74) is 2.30. The SMILES string of the molecule is COc1cc(O)cc(C)c1CCN1CCNCC1. The van der Waals surface area contributed by atoms with E-state index in [1.54, 1.807) is 19.2 Å². The zero-order valence-electron chi connectivity index (χ0n) is 11.2. The fourth-order valence-electron chi connectivity index (χ4n) is 2.47. The van der Waals surface area contributed by atoms with E-state index in [9.17, 15) is 5.11 Å². The summed E-state index contributed by atoms with van der Waals surface area (Å²) in [5.74, 6) is 1.07. The molecule has 4 heteroatoms. The van der Waals surface area contributed by atoms with E-state index in [-0.39, 0.29) is 5.75 Å². The van der Waals surface area contributed by atoms with Crippen molar-refractivity contribution in [1.82, 2.24) is 10.2 Å². The van der Waals surface area contributed by atoms with E-state index in [4.69, 9.17) is 4.74 Å². The monoisotopic (exact) mass is 250 g/mol. The normalized spacial score (nSPS) is 16.8. The van der Waals surface area contributed by atoms with Gasteiger partial charge in [0.25, 0.3) is 0 Å². The molecule has 1 aliphatic rings. The second-order valence-corrected chi connectivity index (χ2v) is 4.79. The van der Waals surface area contributed by atoms with Crippen molar-refractivity contribution >= 4 is 0 Å². The van der Waals surface area contributed by atoms with Crippen molar-refractivity contribution in [2.24, 2.45) is 0 Å². The number of nitrogens with one attached hydrogen (secondary N) is 1. The van der Waals surface area contributed by atoms with Crippen molar-refractivity contribution in [3.8, 4) is 11.5 Å². The average Bonchev–Trinajstić information content (AvgIpc) is 2.38. The van der Waals surface area contributed by atoms with Crippen molar-refractivity contribution in [2.75, 3.05) is 39.8 Å². The Morgan fingerprint density at radius 2 is 2.06 bits per heavy atom. The molecular weight excluding hydrogens is 228 g/mol. The molecule has 1 aromatic carbocycles. The molecule has 18 heavy (non-hydrogen) atoms. The van der Waals surface area contributed by atoms with Crippen LogP contribution in [0.4, 0.5) is 0 Å². The molecule has 0 bridgehead atoms. The number of ether oxygens (including phenoxy) is 1. The van der Waals surface area contributed by atoms with Gasteiger partial charge < -0.3 is 20.1 Å². The number of phenolic OH excluding ortho intramolecular Hbond substituents is 1. The highest BCUT2D eigenvalue weighted by atomic mass is 16.5. The van der Waals surface area contributed by atoms with Gasteiger partial charge in [-0.1, -0.05) is 0 Å². The molecule has 0 atom stereocenters. The lowest BCUT2D eigenvalue weighted by atomic mass is 10.0. The second-order valence-electron chi connectivity index (χ2n) is 4.79. The van der Waals surface area contributed by atoms with Crippen LogP contribution in [0.15, 0.2) is 12.1 Å². The van der Waals surface area contributed by atoms with Crippen LogP contribution in [-0.2, 0) is 6.42 Å². The minimum absolute atomic E-state index is 0.273. The summed E-state index contributed by atoms with van der Waals surface area (Å²) in [6.45, 7) is 7.44. The number of nitrogens with zero attached hydrogens (tertiary/aromatic N) is 1. The number of phenols is 1. The van der Waals surface area contributed by atoms with Crippen LogP contribution >= 0.6 is 0 Å². The van der Waals surface area contributed by atoms with Crippen LogP contribution in [0, 0.1) is 6.92 Å². The molecule has 0 spiro atoms. The Hall–Kier alpha value is -1.26. The van der Waals surface area contributed by atoms with Gasteiger partial charge in [0.1, 0.15) is 11.5 Å². The number of methoxy groups -OCH3 is 1. The number of rotatable bonds is 4. The van der Waals surface area contributed by atoms with Crippen molar-refractivity contribution in [2.45, 2.75) is 13.3 Å². The molecule has 0 saturated carbocycles. The van der Waals surface area contributed by atoms with Gasteiger partial charge in [-0.05, 0) is 30.5 Å². The molecule has 1 aliphatic heterocycles. The number of benzene rings is 1. The first kappa shape index (κ1) is 13.2. The molecule has 1 heterocycles. The van der Waals surface area contributed by atoms with Crippen LogP contribution in [0.2, 0.25) is 0 Å². The van der Waals surface area contributed by atoms with E-state index in [1.165, 1.54) is 5.56 Å². The van der Waals surface area contributed by atoms with Gasteiger partial charge in [0, 0.05) is 38.8 Å². The Morgan fingerprint density at radius 1 is 1.33 bits per heavy atom. The van der Waals surface area contributed by atoms with Crippen molar-refractivity contribution in [3.63, 3.8) is 0 Å². The minimum atomic E-state index is 0.273. The number of hydrogen-bond donors (Lipinski definition) is 2. The molecule has 1 aromatic rings. The Bertz CT molecular complexity index is 401. The Labute approximate surface area is 109 Å². The maximum Gasteiger partial charge on any atom is 0.126 e. The first-order valence-corrected chi connectivity index (χ1v) is 6.50. The highest BCUT2D eigenvalue weighted by Gasteiger charge is 2.13. The Kier molecular flexibility index (Phi) is 4.44. The Balaban J connectivity index is 2.03. The molecule has 0 radical (unpaired) electrons. The molecule has 2 N–H and O–H groups in total. The van der Waals surface area contributed by atoms with Crippen molar-refractivity contribution in [3.05, 3.63) is 23.3 Å². The van der Waals surface area contributed by atoms with Crippen LogP contribution in [0.5, 0.6) is 11.5 Å².